The molecule has 0 bridgehead atoms. The van der Waals surface area contributed by atoms with E-state index < -0.39 is 18.0 Å². The van der Waals surface area contributed by atoms with Crippen LogP contribution in [0.1, 0.15) is 22.7 Å². The van der Waals surface area contributed by atoms with E-state index in [9.17, 15) is 9.59 Å². The first kappa shape index (κ1) is 17.5. The van der Waals surface area contributed by atoms with Crippen LogP contribution >= 0.6 is 0 Å². The van der Waals surface area contributed by atoms with Crippen molar-refractivity contribution in [1.29, 1.82) is 0 Å². The third-order valence-corrected chi connectivity index (χ3v) is 4.53. The summed E-state index contributed by atoms with van der Waals surface area (Å²) in [5.41, 5.74) is 10.1. The van der Waals surface area contributed by atoms with Gasteiger partial charge in [0.15, 0.2) is 0 Å². The zero-order valence-corrected chi connectivity index (χ0v) is 14.7. The molecule has 0 aliphatic carbocycles. The molecule has 2 aromatic rings. The smallest absolute Gasteiger partial charge is 0.417 e. The Kier molecular flexibility index (Phi) is 4.93. The molecule has 1 aliphatic rings. The number of imide groups is 1. The summed E-state index contributed by atoms with van der Waals surface area (Å²) in [6.45, 7) is 2.04. The highest BCUT2D eigenvalue weighted by Gasteiger charge is 2.37. The van der Waals surface area contributed by atoms with Gasteiger partial charge in [0.25, 0.3) is 5.91 Å². The molecule has 0 radical (unpaired) electrons. The fourth-order valence-corrected chi connectivity index (χ4v) is 2.97. The van der Waals surface area contributed by atoms with Crippen LogP contribution in [0, 0.1) is 6.92 Å². The van der Waals surface area contributed by atoms with E-state index in [2.05, 4.69) is 5.32 Å². The zero-order chi connectivity index (χ0) is 18.7. The average Bonchev–Trinajstić information content (AvgIpc) is 3.05. The fourth-order valence-electron chi connectivity index (χ4n) is 2.97. The van der Waals surface area contributed by atoms with Crippen molar-refractivity contribution in [1.82, 2.24) is 4.90 Å². The van der Waals surface area contributed by atoms with E-state index in [1.54, 1.807) is 13.1 Å². The van der Waals surface area contributed by atoms with Crippen molar-refractivity contribution in [2.24, 2.45) is 0 Å². The minimum Gasteiger partial charge on any atom is -0.446 e. The predicted molar refractivity (Wildman–Crippen MR) is 102 cm³/mol. The minimum absolute atomic E-state index is 0.158. The Hall–Kier alpha value is -3.28. The first-order valence-corrected chi connectivity index (χ1v) is 8.32. The summed E-state index contributed by atoms with van der Waals surface area (Å²) in [5, 5.41) is 3.02. The lowest BCUT2D eigenvalue weighted by Gasteiger charge is -2.18. The summed E-state index contributed by atoms with van der Waals surface area (Å²) in [4.78, 5) is 25.8. The molecule has 1 aliphatic heterocycles. The molecule has 0 spiro atoms. The standard InChI is InChI=1S/C20H21N3O3/c1-13-14(8-10-16(22-2)19(13)21)9-11-18(24)23-17(12-26-20(23)25)15-6-4-3-5-7-15/h3-11,17,22H,12,21H2,1-2H3/b11-9+. The van der Waals surface area contributed by atoms with Gasteiger partial charge in [0.1, 0.15) is 12.6 Å². The summed E-state index contributed by atoms with van der Waals surface area (Å²) in [6.07, 6.45) is 2.42. The summed E-state index contributed by atoms with van der Waals surface area (Å²) in [5.74, 6) is -0.419. The second-order valence-corrected chi connectivity index (χ2v) is 6.04. The number of nitrogens with zero attached hydrogens (tertiary/aromatic N) is 1. The van der Waals surface area contributed by atoms with Crippen LogP contribution in [0.15, 0.2) is 48.5 Å². The number of carbonyl (C=O) groups excluding carboxylic acids is 2. The number of anilines is 2. The third-order valence-electron chi connectivity index (χ3n) is 4.53. The largest absolute Gasteiger partial charge is 0.446 e. The van der Waals surface area contributed by atoms with Gasteiger partial charge in [0, 0.05) is 13.1 Å². The molecule has 0 saturated carbocycles. The molecule has 1 atom stereocenters. The van der Waals surface area contributed by atoms with Crippen molar-refractivity contribution in [3.05, 3.63) is 65.2 Å². The number of benzene rings is 2. The van der Waals surface area contributed by atoms with Crippen LogP contribution in [0.25, 0.3) is 6.08 Å². The Morgan fingerprint density at radius 2 is 2.00 bits per heavy atom. The van der Waals surface area contributed by atoms with Gasteiger partial charge in [-0.05, 0) is 35.8 Å². The summed E-state index contributed by atoms with van der Waals surface area (Å²) >= 11 is 0. The van der Waals surface area contributed by atoms with Crippen LogP contribution in [0.2, 0.25) is 0 Å². The minimum atomic E-state index is -0.629. The number of nitrogen functional groups attached to an aromatic ring is 1. The van der Waals surface area contributed by atoms with Gasteiger partial charge in [0.05, 0.1) is 11.4 Å². The Morgan fingerprint density at radius 3 is 2.69 bits per heavy atom. The third kappa shape index (κ3) is 3.26. The molecule has 1 saturated heterocycles. The molecule has 2 aromatic carbocycles. The number of nitrogens with two attached hydrogens (primary N) is 1. The molecule has 0 aromatic heterocycles. The van der Waals surface area contributed by atoms with Gasteiger partial charge in [-0.25, -0.2) is 9.69 Å². The van der Waals surface area contributed by atoms with Crippen molar-refractivity contribution in [2.45, 2.75) is 13.0 Å². The molecular formula is C20H21N3O3. The molecule has 6 heteroatoms. The first-order valence-electron chi connectivity index (χ1n) is 8.32. The van der Waals surface area contributed by atoms with Gasteiger partial charge in [-0.1, -0.05) is 36.4 Å². The molecule has 1 heterocycles. The second-order valence-electron chi connectivity index (χ2n) is 6.04. The quantitative estimate of drug-likeness (QED) is 0.652. The van der Waals surface area contributed by atoms with Crippen LogP contribution in [0.4, 0.5) is 16.2 Å². The van der Waals surface area contributed by atoms with Crippen LogP contribution in [-0.2, 0) is 9.53 Å². The number of rotatable bonds is 4. The van der Waals surface area contributed by atoms with Gasteiger partial charge in [-0.15, -0.1) is 0 Å². The zero-order valence-electron chi connectivity index (χ0n) is 14.7. The van der Waals surface area contributed by atoms with Crippen molar-refractivity contribution < 1.29 is 14.3 Å². The number of cyclic esters (lactones) is 1. The molecule has 2 amide bonds. The molecule has 3 N–H and O–H groups in total. The average molecular weight is 351 g/mol. The summed E-state index contributed by atoms with van der Waals surface area (Å²) < 4.78 is 5.08. The van der Waals surface area contributed by atoms with Gasteiger partial charge >= 0.3 is 6.09 Å². The molecular weight excluding hydrogens is 330 g/mol. The van der Waals surface area contributed by atoms with Crippen LogP contribution in [-0.4, -0.2) is 30.6 Å². The molecule has 26 heavy (non-hydrogen) atoms. The lowest BCUT2D eigenvalue weighted by Crippen LogP contribution is -2.32. The van der Waals surface area contributed by atoms with Gasteiger partial charge in [-0.2, -0.15) is 0 Å². The first-order chi connectivity index (χ1) is 12.5. The SMILES string of the molecule is CNc1ccc(/C=C/C(=O)N2C(=O)OCC2c2ccccc2)c(C)c1N. The Bertz CT molecular complexity index is 862. The Morgan fingerprint density at radius 1 is 1.27 bits per heavy atom. The maximum atomic E-state index is 12.6. The van der Waals surface area contributed by atoms with E-state index in [1.165, 1.54) is 6.08 Å². The topological polar surface area (TPSA) is 84.7 Å². The van der Waals surface area contributed by atoms with Crippen LogP contribution < -0.4 is 11.1 Å². The van der Waals surface area contributed by atoms with Crippen molar-refractivity contribution in [3.63, 3.8) is 0 Å². The van der Waals surface area contributed by atoms with Crippen molar-refractivity contribution in [3.8, 4) is 0 Å². The number of ether oxygens (including phenoxy) is 1. The van der Waals surface area contributed by atoms with E-state index in [-0.39, 0.29) is 6.61 Å². The number of hydrogen-bond acceptors (Lipinski definition) is 5. The highest BCUT2D eigenvalue weighted by molar-refractivity contribution is 6.02. The Balaban J connectivity index is 1.83. The Labute approximate surface area is 152 Å². The highest BCUT2D eigenvalue weighted by Crippen LogP contribution is 2.29. The van der Waals surface area contributed by atoms with E-state index in [0.717, 1.165) is 27.3 Å². The lowest BCUT2D eigenvalue weighted by atomic mass is 10.0. The van der Waals surface area contributed by atoms with E-state index in [4.69, 9.17) is 10.5 Å². The second kappa shape index (κ2) is 7.31. The summed E-state index contributed by atoms with van der Waals surface area (Å²) in [6, 6.07) is 12.7. The van der Waals surface area contributed by atoms with Gasteiger partial charge < -0.3 is 15.8 Å². The molecule has 1 fully saturated rings. The number of carbonyl (C=O) groups is 2. The summed E-state index contributed by atoms with van der Waals surface area (Å²) in [7, 11) is 1.80. The van der Waals surface area contributed by atoms with E-state index in [0.29, 0.717) is 5.69 Å². The van der Waals surface area contributed by atoms with Crippen LogP contribution in [0.3, 0.4) is 0 Å². The molecule has 134 valence electrons. The monoisotopic (exact) mass is 351 g/mol. The molecule has 1 unspecified atom stereocenters. The number of hydrogen-bond donors (Lipinski definition) is 2. The molecule has 6 nitrogen and oxygen atoms in total. The maximum Gasteiger partial charge on any atom is 0.417 e. The fraction of sp³-hybridized carbons (Fsp3) is 0.200. The number of amides is 2. The van der Waals surface area contributed by atoms with Crippen molar-refractivity contribution in [2.75, 3.05) is 24.7 Å². The predicted octanol–water partition coefficient (Wildman–Crippen LogP) is 3.35. The number of nitrogens with one attached hydrogen (secondary N) is 1. The van der Waals surface area contributed by atoms with Crippen LogP contribution in [0.5, 0.6) is 0 Å². The van der Waals surface area contributed by atoms with Gasteiger partial charge in [0.2, 0.25) is 0 Å². The van der Waals surface area contributed by atoms with E-state index >= 15 is 0 Å². The maximum absolute atomic E-state index is 12.6. The van der Waals surface area contributed by atoms with Gasteiger partial charge in [-0.3, -0.25) is 4.79 Å². The van der Waals surface area contributed by atoms with Crippen molar-refractivity contribution >= 4 is 29.5 Å². The lowest BCUT2D eigenvalue weighted by molar-refractivity contribution is -0.124. The normalized spacial score (nSPS) is 16.8. The highest BCUT2D eigenvalue weighted by atomic mass is 16.6. The van der Waals surface area contributed by atoms with E-state index in [1.807, 2.05) is 49.4 Å². The molecule has 3 rings (SSSR count).